The molecular formula is C57H188. The van der Waals surface area contributed by atoms with Crippen molar-refractivity contribution in [1.29, 1.82) is 0 Å². The van der Waals surface area contributed by atoms with Gasteiger partial charge in [-0.1, -0.05) is 403 Å². The summed E-state index contributed by atoms with van der Waals surface area (Å²) in [7, 11) is 0. The summed E-state index contributed by atoms with van der Waals surface area (Å²) in [6, 6.07) is 0. The highest BCUT2D eigenvalue weighted by molar-refractivity contribution is 3.54. The maximum Gasteiger partial charge on any atom is -0.0683 e. The molecule has 0 aliphatic heterocycles. The zero-order chi connectivity index (χ0) is 40.0. The van der Waals surface area contributed by atoms with Gasteiger partial charge in [0.25, 0.3) is 0 Å². The van der Waals surface area contributed by atoms with Crippen LogP contribution < -0.4 is 0 Å². The van der Waals surface area contributed by atoms with Crippen molar-refractivity contribution in [2.45, 2.75) is 403 Å². The van der Waals surface area contributed by atoms with E-state index in [0.717, 1.165) is 0 Å². The summed E-state index contributed by atoms with van der Waals surface area (Å²) < 4.78 is 0. The van der Waals surface area contributed by atoms with Crippen LogP contribution in [0.1, 0.15) is 403 Å². The number of hydrogen-bond donors (Lipinski definition) is 0. The standard InChI is InChI=1S/20C2H6.17CH4/c20*1-2;;;;;;;;;;;;;;;;;/h20*1-2H3;17*1H4. The summed E-state index contributed by atoms with van der Waals surface area (Å²) in [5.74, 6) is 0. The first-order chi connectivity index (χ1) is 20.0. The molecule has 0 amide bonds. The van der Waals surface area contributed by atoms with Gasteiger partial charge in [-0.25, -0.2) is 0 Å². The van der Waals surface area contributed by atoms with Gasteiger partial charge in [-0.3, -0.25) is 0 Å². The van der Waals surface area contributed by atoms with E-state index in [1.165, 1.54) is 0 Å². The van der Waals surface area contributed by atoms with E-state index in [-0.39, 0.29) is 126 Å². The molecule has 0 fully saturated rings. The minimum atomic E-state index is 0. The van der Waals surface area contributed by atoms with Crippen LogP contribution in [0.5, 0.6) is 0 Å². The van der Waals surface area contributed by atoms with Gasteiger partial charge in [-0.05, 0) is 0 Å². The summed E-state index contributed by atoms with van der Waals surface area (Å²) >= 11 is 0. The van der Waals surface area contributed by atoms with E-state index < -0.39 is 0 Å². The molecule has 0 rings (SSSR count). The average molecular weight is 874 g/mol. The Kier molecular flexibility index (Phi) is 0. The lowest BCUT2D eigenvalue weighted by Crippen LogP contribution is -0.856. The maximum absolute atomic E-state index is 2.00. The monoisotopic (exact) mass is 873 g/mol. The molecule has 0 saturated heterocycles. The smallest absolute Gasteiger partial charge is 0.0683 e. The van der Waals surface area contributed by atoms with Gasteiger partial charge in [0.15, 0.2) is 0 Å². The van der Waals surface area contributed by atoms with Crippen molar-refractivity contribution in [3.63, 3.8) is 0 Å². The molecule has 0 saturated carbocycles. The fourth-order valence-corrected chi connectivity index (χ4v) is 0. The predicted molar refractivity (Wildman–Crippen MR) is 341 cm³/mol. The fraction of sp³-hybridized carbons (Fsp3) is 1.00. The van der Waals surface area contributed by atoms with Crippen molar-refractivity contribution < 1.29 is 0 Å². The van der Waals surface area contributed by atoms with Crippen LogP contribution in [0.15, 0.2) is 0 Å². The highest BCUT2D eigenvalue weighted by Gasteiger charge is 0.970. The quantitative estimate of drug-likeness (QED) is 0.227. The van der Waals surface area contributed by atoms with Gasteiger partial charge < -0.3 is 0 Å². The molecule has 0 aliphatic carbocycles. The number of rotatable bonds is 0. The van der Waals surface area contributed by atoms with E-state index >= 15 is 0 Å². The van der Waals surface area contributed by atoms with Crippen LogP contribution in [0.4, 0.5) is 0 Å². The lowest BCUT2D eigenvalue weighted by molar-refractivity contribution is 1.50. The highest BCUT2D eigenvalue weighted by atomic mass is 13.0. The Balaban J connectivity index is -0.00000000208. The Bertz CT molecular complexity index is 0. The molecule has 0 unspecified atom stereocenters. The van der Waals surface area contributed by atoms with Crippen LogP contribution in [0.3, 0.4) is 0 Å². The third-order valence-electron chi connectivity index (χ3n) is 0. The van der Waals surface area contributed by atoms with Gasteiger partial charge in [-0.2, -0.15) is 0 Å². The Morgan fingerprint density at radius 1 is 0.0526 bits per heavy atom. The molecule has 0 aromatic carbocycles. The molecule has 0 nitrogen and oxygen atoms in total. The topological polar surface area (TPSA) is 0 Å². The van der Waals surface area contributed by atoms with Crippen molar-refractivity contribution >= 4 is 0 Å². The summed E-state index contributed by atoms with van der Waals surface area (Å²) in [4.78, 5) is 0. The second kappa shape index (κ2) is 0. The fourth-order valence-electron chi connectivity index (χ4n) is 0. The van der Waals surface area contributed by atoms with Crippen molar-refractivity contribution in [3.05, 3.63) is 0 Å². The van der Waals surface area contributed by atoms with Gasteiger partial charge in [0.05, 0.1) is 0 Å². The molecule has 0 radical (unpaired) electrons. The third-order valence-corrected chi connectivity index (χ3v) is 0. The summed E-state index contributed by atoms with van der Waals surface area (Å²) in [6.45, 7) is 80.0. The molecule has 0 aromatic heterocycles. The number of hydrogen-bond acceptors (Lipinski definition) is 0. The molecule has 0 heteroatoms. The zero-order valence-corrected chi connectivity index (χ0v) is 40.0. The lowest BCUT2D eigenvalue weighted by atomic mass is 11.0. The van der Waals surface area contributed by atoms with E-state index in [1.54, 1.807) is 0 Å². The minimum Gasteiger partial charge on any atom is -0.0776 e. The molecular weight excluding hydrogens is 685 g/mol. The van der Waals surface area contributed by atoms with Crippen LogP contribution in [-0.2, 0) is 0 Å². The summed E-state index contributed by atoms with van der Waals surface area (Å²) in [5.41, 5.74) is 0. The van der Waals surface area contributed by atoms with Gasteiger partial charge in [0, 0.05) is 0 Å². The van der Waals surface area contributed by atoms with Crippen LogP contribution in [0.2, 0.25) is 0 Å². The first-order valence-corrected chi connectivity index (χ1v) is 20.0. The highest BCUT2D eigenvalue weighted by Crippen LogP contribution is 1.18. The minimum absolute atomic E-state index is 0. The first-order valence-electron chi connectivity index (χ1n) is 20.0. The molecule has 0 spiro atoms. The third kappa shape index (κ3) is 0. The molecule has 0 aromatic rings. The largest absolute Gasteiger partial charge is 0.0776 e. The molecule has 57 heavy (non-hydrogen) atoms. The summed E-state index contributed by atoms with van der Waals surface area (Å²) in [6.07, 6.45) is 0. The van der Waals surface area contributed by atoms with Crippen molar-refractivity contribution in [1.82, 2.24) is 0 Å². The Morgan fingerprint density at radius 3 is 0.0526 bits per heavy atom. The van der Waals surface area contributed by atoms with Crippen molar-refractivity contribution in [3.8, 4) is 0 Å². The van der Waals surface area contributed by atoms with E-state index in [1.807, 2.05) is 277 Å². The average Bonchev–Trinajstić information content (AvgIpc) is 3.21. The second-order valence-corrected chi connectivity index (χ2v) is 0. The predicted octanol–water partition coefficient (Wildman–Crippen LogP) is 31.3. The van der Waals surface area contributed by atoms with Crippen LogP contribution in [0, 0.1) is 0 Å². The van der Waals surface area contributed by atoms with Gasteiger partial charge in [-0.15, -0.1) is 0 Å². The van der Waals surface area contributed by atoms with Gasteiger partial charge >= 0.3 is 0 Å². The SMILES string of the molecule is C.C.C.C.C.C.C.C.C.C.C.C.C.C.C.C.C.CC.CC.CC.CC.CC.CC.CC.CC.CC.CC.CC.CC.CC.CC.CC.CC.CC.CC.CC.CC. The normalized spacial score (nSPS) is 2.11. The molecule has 0 N–H and O–H groups in total. The molecule has 0 atom stereocenters. The first kappa shape index (κ1) is 447. The van der Waals surface area contributed by atoms with E-state index in [9.17, 15) is 0 Å². The van der Waals surface area contributed by atoms with Gasteiger partial charge in [0.1, 0.15) is 0 Å². The lowest BCUT2D eigenvalue weighted by Gasteiger charge is -1.07. The van der Waals surface area contributed by atoms with Crippen LogP contribution >= 0.6 is 0 Å². The molecule has 0 heterocycles. The van der Waals surface area contributed by atoms with Crippen molar-refractivity contribution in [2.24, 2.45) is 0 Å². The van der Waals surface area contributed by atoms with Crippen LogP contribution in [-0.4, -0.2) is 0 Å². The molecule has 0 bridgehead atoms. The van der Waals surface area contributed by atoms with Crippen molar-refractivity contribution in [2.75, 3.05) is 0 Å². The Labute approximate surface area is 401 Å². The Morgan fingerprint density at radius 2 is 0.0526 bits per heavy atom. The zero-order valence-electron chi connectivity index (χ0n) is 40.0. The van der Waals surface area contributed by atoms with E-state index in [0.29, 0.717) is 0 Å². The Hall–Kier alpha value is 0. The maximum atomic E-state index is 2.00. The molecule has 0 aliphatic rings. The molecule has 416 valence electrons. The van der Waals surface area contributed by atoms with E-state index in [2.05, 4.69) is 0 Å². The summed E-state index contributed by atoms with van der Waals surface area (Å²) in [5, 5.41) is 0. The van der Waals surface area contributed by atoms with E-state index in [4.69, 9.17) is 0 Å². The van der Waals surface area contributed by atoms with Crippen LogP contribution in [0.25, 0.3) is 0 Å². The van der Waals surface area contributed by atoms with Gasteiger partial charge in [0.2, 0.25) is 0 Å². The second-order valence-electron chi connectivity index (χ2n) is 0.